The highest BCUT2D eigenvalue weighted by Crippen LogP contribution is 2.24. The van der Waals surface area contributed by atoms with Crippen LogP contribution in [0.3, 0.4) is 0 Å². The summed E-state index contributed by atoms with van der Waals surface area (Å²) in [6.45, 7) is -0.434. The second-order valence-corrected chi connectivity index (χ2v) is 2.73. The Kier molecular flexibility index (Phi) is 3.15. The zero-order chi connectivity index (χ0) is 11.6. The molecule has 0 unspecified atom stereocenters. The van der Waals surface area contributed by atoms with Crippen LogP contribution in [0.2, 0.25) is 0 Å². The summed E-state index contributed by atoms with van der Waals surface area (Å²) in [4.78, 5) is 23.7. The van der Waals surface area contributed by atoms with Crippen LogP contribution in [0.25, 0.3) is 0 Å². The molecular weight excluding hydrogens is 210 g/mol. The highest BCUT2D eigenvalue weighted by molar-refractivity contribution is 5.89. The molecule has 0 atom stereocenters. The molecular formula is C8H8F2N2O3. The second-order valence-electron chi connectivity index (χ2n) is 2.73. The fourth-order valence-electron chi connectivity index (χ4n) is 1.22. The van der Waals surface area contributed by atoms with E-state index in [0.29, 0.717) is 0 Å². The summed E-state index contributed by atoms with van der Waals surface area (Å²) in [7, 11) is 0. The van der Waals surface area contributed by atoms with E-state index in [1.54, 1.807) is 0 Å². The molecule has 4 N–H and O–H groups in total. The maximum atomic E-state index is 12.5. The number of aromatic nitrogens is 1. The first-order valence-electron chi connectivity index (χ1n) is 3.95. The Hall–Kier alpha value is -1.76. The molecule has 0 aliphatic heterocycles. The lowest BCUT2D eigenvalue weighted by Gasteiger charge is -2.08. The molecule has 0 saturated carbocycles. The molecule has 5 nitrogen and oxygen atoms in total. The number of aromatic carboxylic acids is 1. The molecule has 0 bridgehead atoms. The summed E-state index contributed by atoms with van der Waals surface area (Å²) in [6.07, 6.45) is -2.30. The molecule has 0 fully saturated rings. The van der Waals surface area contributed by atoms with Gasteiger partial charge in [0.1, 0.15) is 0 Å². The topological polar surface area (TPSA) is 96.2 Å². The Morgan fingerprint density at radius 1 is 1.60 bits per heavy atom. The summed E-state index contributed by atoms with van der Waals surface area (Å²) in [5.74, 6) is -1.53. The number of halogens is 2. The average Bonchev–Trinajstić information content (AvgIpc) is 2.16. The molecule has 7 heteroatoms. The molecule has 0 aliphatic rings. The number of nitrogens with two attached hydrogens (primary N) is 1. The Bertz CT molecular complexity index is 442. The first kappa shape index (κ1) is 11.3. The van der Waals surface area contributed by atoms with Crippen LogP contribution in [-0.2, 0) is 6.54 Å². The van der Waals surface area contributed by atoms with Crippen molar-refractivity contribution >= 4 is 5.97 Å². The minimum absolute atomic E-state index is 0.398. The summed E-state index contributed by atoms with van der Waals surface area (Å²) < 4.78 is 25.1. The van der Waals surface area contributed by atoms with E-state index in [4.69, 9.17) is 10.8 Å². The van der Waals surface area contributed by atoms with Crippen molar-refractivity contribution in [2.24, 2.45) is 5.73 Å². The monoisotopic (exact) mass is 218 g/mol. The minimum Gasteiger partial charge on any atom is -0.478 e. The summed E-state index contributed by atoms with van der Waals surface area (Å²) >= 11 is 0. The van der Waals surface area contributed by atoms with Gasteiger partial charge < -0.3 is 15.8 Å². The SMILES string of the molecule is NCc1c(C(F)F)c(C(=O)O)c[nH]c1=O. The first-order valence-corrected chi connectivity index (χ1v) is 3.95. The van der Waals surface area contributed by atoms with E-state index in [2.05, 4.69) is 0 Å². The highest BCUT2D eigenvalue weighted by atomic mass is 19.3. The van der Waals surface area contributed by atoms with Gasteiger partial charge in [0.15, 0.2) is 0 Å². The fraction of sp³-hybridized carbons (Fsp3) is 0.250. The van der Waals surface area contributed by atoms with Crippen LogP contribution in [-0.4, -0.2) is 16.1 Å². The van der Waals surface area contributed by atoms with Crippen molar-refractivity contribution in [2.45, 2.75) is 13.0 Å². The van der Waals surface area contributed by atoms with Gasteiger partial charge >= 0.3 is 5.97 Å². The Labute approximate surface area is 82.5 Å². The summed E-state index contributed by atoms with van der Waals surface area (Å²) in [5.41, 5.74) is 2.47. The van der Waals surface area contributed by atoms with E-state index < -0.39 is 41.2 Å². The van der Waals surface area contributed by atoms with Crippen molar-refractivity contribution in [1.82, 2.24) is 4.98 Å². The maximum Gasteiger partial charge on any atom is 0.337 e. The Balaban J connectivity index is 3.56. The van der Waals surface area contributed by atoms with Gasteiger partial charge in [-0.3, -0.25) is 4.79 Å². The molecule has 0 amide bonds. The van der Waals surface area contributed by atoms with Crippen LogP contribution in [0, 0.1) is 0 Å². The zero-order valence-electron chi connectivity index (χ0n) is 7.46. The van der Waals surface area contributed by atoms with E-state index in [1.807, 2.05) is 4.98 Å². The number of carbonyl (C=O) groups is 1. The van der Waals surface area contributed by atoms with Gasteiger partial charge in [-0.1, -0.05) is 0 Å². The summed E-state index contributed by atoms with van der Waals surface area (Å²) in [6, 6.07) is 0. The third-order valence-corrected chi connectivity index (χ3v) is 1.89. The lowest BCUT2D eigenvalue weighted by atomic mass is 10.0. The first-order chi connectivity index (χ1) is 6.99. The Morgan fingerprint density at radius 2 is 2.20 bits per heavy atom. The van der Waals surface area contributed by atoms with Crippen molar-refractivity contribution < 1.29 is 18.7 Å². The molecule has 0 saturated heterocycles. The smallest absolute Gasteiger partial charge is 0.337 e. The van der Waals surface area contributed by atoms with Gasteiger partial charge in [0, 0.05) is 23.9 Å². The number of carboxylic acids is 1. The van der Waals surface area contributed by atoms with E-state index in [-0.39, 0.29) is 0 Å². The predicted molar refractivity (Wildman–Crippen MR) is 46.9 cm³/mol. The Morgan fingerprint density at radius 3 is 2.60 bits per heavy atom. The van der Waals surface area contributed by atoms with Gasteiger partial charge in [-0.25, -0.2) is 13.6 Å². The molecule has 1 heterocycles. The molecule has 1 rings (SSSR count). The van der Waals surface area contributed by atoms with Gasteiger partial charge in [0.25, 0.3) is 12.0 Å². The molecule has 1 aromatic rings. The lowest BCUT2D eigenvalue weighted by molar-refractivity contribution is 0.0683. The number of H-pyrrole nitrogens is 1. The van der Waals surface area contributed by atoms with Crippen LogP contribution in [0.4, 0.5) is 8.78 Å². The molecule has 15 heavy (non-hydrogen) atoms. The standard InChI is InChI=1S/C8H8F2N2O3/c9-6(10)5-3(1-11)7(13)12-2-4(5)8(14)15/h2,6H,1,11H2,(H,12,13)(H,14,15). The minimum atomic E-state index is -3.04. The quantitative estimate of drug-likeness (QED) is 0.687. The normalized spacial score (nSPS) is 10.7. The molecule has 0 aromatic carbocycles. The van der Waals surface area contributed by atoms with Crippen LogP contribution in [0.15, 0.2) is 11.0 Å². The van der Waals surface area contributed by atoms with Crippen molar-refractivity contribution in [1.29, 1.82) is 0 Å². The van der Waals surface area contributed by atoms with Gasteiger partial charge in [-0.2, -0.15) is 0 Å². The lowest BCUT2D eigenvalue weighted by Crippen LogP contribution is -2.22. The third-order valence-electron chi connectivity index (χ3n) is 1.89. The number of hydrogen-bond acceptors (Lipinski definition) is 3. The van der Waals surface area contributed by atoms with Crippen LogP contribution >= 0.6 is 0 Å². The molecule has 0 radical (unpaired) electrons. The van der Waals surface area contributed by atoms with Crippen LogP contribution in [0.5, 0.6) is 0 Å². The number of nitrogens with one attached hydrogen (secondary N) is 1. The van der Waals surface area contributed by atoms with Crippen molar-refractivity contribution in [3.8, 4) is 0 Å². The van der Waals surface area contributed by atoms with Crippen molar-refractivity contribution in [3.63, 3.8) is 0 Å². The van der Waals surface area contributed by atoms with Crippen LogP contribution < -0.4 is 11.3 Å². The largest absolute Gasteiger partial charge is 0.478 e. The number of carboxylic acid groups (broad SMARTS) is 1. The predicted octanol–water partition coefficient (Wildman–Crippen LogP) is 0.469. The average molecular weight is 218 g/mol. The number of rotatable bonds is 3. The van der Waals surface area contributed by atoms with E-state index in [1.165, 1.54) is 0 Å². The van der Waals surface area contributed by atoms with E-state index >= 15 is 0 Å². The number of hydrogen-bond donors (Lipinski definition) is 3. The third kappa shape index (κ3) is 2.01. The van der Waals surface area contributed by atoms with Gasteiger partial charge in [-0.15, -0.1) is 0 Å². The van der Waals surface area contributed by atoms with Gasteiger partial charge in [-0.05, 0) is 0 Å². The fourth-order valence-corrected chi connectivity index (χ4v) is 1.22. The van der Waals surface area contributed by atoms with Crippen molar-refractivity contribution in [3.05, 3.63) is 33.2 Å². The number of pyridine rings is 1. The highest BCUT2D eigenvalue weighted by Gasteiger charge is 2.23. The molecule has 1 aromatic heterocycles. The second kappa shape index (κ2) is 4.18. The maximum absolute atomic E-state index is 12.5. The molecule has 0 aliphatic carbocycles. The summed E-state index contributed by atoms with van der Waals surface area (Å²) in [5, 5.41) is 8.63. The number of aromatic amines is 1. The van der Waals surface area contributed by atoms with Gasteiger partial charge in [0.05, 0.1) is 5.56 Å². The molecule has 82 valence electrons. The zero-order valence-corrected chi connectivity index (χ0v) is 7.46. The molecule has 0 spiro atoms. The number of alkyl halides is 2. The van der Waals surface area contributed by atoms with Gasteiger partial charge in [0.2, 0.25) is 0 Å². The van der Waals surface area contributed by atoms with Crippen molar-refractivity contribution in [2.75, 3.05) is 0 Å². The van der Waals surface area contributed by atoms with E-state index in [9.17, 15) is 18.4 Å². The van der Waals surface area contributed by atoms with E-state index in [0.717, 1.165) is 6.20 Å². The van der Waals surface area contributed by atoms with Crippen LogP contribution in [0.1, 0.15) is 27.9 Å².